The van der Waals surface area contributed by atoms with Crippen molar-refractivity contribution in [1.82, 2.24) is 4.90 Å². The van der Waals surface area contributed by atoms with Crippen molar-refractivity contribution in [1.29, 1.82) is 0 Å². The summed E-state index contributed by atoms with van der Waals surface area (Å²) in [5, 5.41) is 0. The van der Waals surface area contributed by atoms with Crippen LogP contribution in [0.3, 0.4) is 0 Å². The number of hydrogen-bond donors (Lipinski definition) is 1. The van der Waals surface area contributed by atoms with Crippen LogP contribution in [0.4, 0.5) is 0 Å². The molecule has 0 aromatic carbocycles. The van der Waals surface area contributed by atoms with E-state index in [1.54, 1.807) is 0 Å². The number of hydrogen-bond acceptors (Lipinski definition) is 2. The Bertz CT molecular complexity index is 189. The maximum absolute atomic E-state index is 6.21. The van der Waals surface area contributed by atoms with Crippen LogP contribution in [-0.2, 0) is 0 Å². The maximum Gasteiger partial charge on any atom is 0.0161 e. The molecule has 0 aliphatic carbocycles. The highest BCUT2D eigenvalue weighted by Crippen LogP contribution is 2.29. The van der Waals surface area contributed by atoms with Crippen molar-refractivity contribution in [2.24, 2.45) is 17.1 Å². The van der Waals surface area contributed by atoms with Gasteiger partial charge in [-0.3, -0.25) is 0 Å². The van der Waals surface area contributed by atoms with E-state index in [9.17, 15) is 0 Å². The molecule has 0 heterocycles. The van der Waals surface area contributed by atoms with Crippen molar-refractivity contribution >= 4 is 0 Å². The molecule has 0 rings (SSSR count). The summed E-state index contributed by atoms with van der Waals surface area (Å²) in [6.07, 6.45) is 0. The molecule has 0 bridgehead atoms. The van der Waals surface area contributed by atoms with Gasteiger partial charge in [-0.05, 0) is 39.2 Å². The standard InChI is InChI=1S/C13H30N2/c1-10(2)11(3)15(8)9-12(4,5)13(6,7)14/h10-11H,9,14H2,1-8H3. The molecule has 0 aromatic heterocycles. The molecule has 15 heavy (non-hydrogen) atoms. The van der Waals surface area contributed by atoms with Crippen molar-refractivity contribution in [3.63, 3.8) is 0 Å². The molecule has 2 heteroatoms. The van der Waals surface area contributed by atoms with Crippen molar-refractivity contribution in [3.05, 3.63) is 0 Å². The molecule has 0 saturated heterocycles. The highest BCUT2D eigenvalue weighted by atomic mass is 15.1. The molecule has 0 fully saturated rings. The van der Waals surface area contributed by atoms with Gasteiger partial charge in [0.05, 0.1) is 0 Å². The largest absolute Gasteiger partial charge is 0.325 e. The average molecular weight is 214 g/mol. The fourth-order valence-corrected chi connectivity index (χ4v) is 1.48. The second-order valence-corrected chi connectivity index (χ2v) is 6.51. The summed E-state index contributed by atoms with van der Waals surface area (Å²) in [5.41, 5.74) is 6.20. The Morgan fingerprint density at radius 3 is 1.73 bits per heavy atom. The Hall–Kier alpha value is -0.0800. The van der Waals surface area contributed by atoms with Crippen molar-refractivity contribution in [3.8, 4) is 0 Å². The molecule has 0 aliphatic rings. The molecule has 0 aliphatic heterocycles. The van der Waals surface area contributed by atoms with E-state index in [2.05, 4.69) is 60.4 Å². The molecular formula is C13H30N2. The second kappa shape index (κ2) is 4.84. The highest BCUT2D eigenvalue weighted by molar-refractivity contribution is 4.92. The Balaban J connectivity index is 4.47. The molecule has 1 unspecified atom stereocenters. The van der Waals surface area contributed by atoms with E-state index in [-0.39, 0.29) is 11.0 Å². The fraction of sp³-hybridized carbons (Fsp3) is 1.00. The number of rotatable bonds is 5. The smallest absolute Gasteiger partial charge is 0.0161 e. The predicted octanol–water partition coefficient (Wildman–Crippen LogP) is 2.73. The first-order valence-corrected chi connectivity index (χ1v) is 5.98. The SMILES string of the molecule is CC(C)C(C)N(C)CC(C)(C)C(C)(C)N. The number of nitrogens with zero attached hydrogens (tertiary/aromatic N) is 1. The Morgan fingerprint density at radius 2 is 1.47 bits per heavy atom. The molecule has 1 atom stereocenters. The van der Waals surface area contributed by atoms with E-state index in [0.29, 0.717) is 12.0 Å². The van der Waals surface area contributed by atoms with Crippen molar-refractivity contribution < 1.29 is 0 Å². The van der Waals surface area contributed by atoms with Gasteiger partial charge in [0.15, 0.2) is 0 Å². The third-order valence-electron chi connectivity index (χ3n) is 4.05. The lowest BCUT2D eigenvalue weighted by atomic mass is 9.74. The van der Waals surface area contributed by atoms with Crippen LogP contribution in [0.15, 0.2) is 0 Å². The lowest BCUT2D eigenvalue weighted by Crippen LogP contribution is -2.54. The van der Waals surface area contributed by atoms with Gasteiger partial charge >= 0.3 is 0 Å². The van der Waals surface area contributed by atoms with Gasteiger partial charge in [0.1, 0.15) is 0 Å². The molecule has 92 valence electrons. The van der Waals surface area contributed by atoms with Crippen LogP contribution >= 0.6 is 0 Å². The van der Waals surface area contributed by atoms with Crippen LogP contribution in [0.25, 0.3) is 0 Å². The summed E-state index contributed by atoms with van der Waals surface area (Å²) >= 11 is 0. The van der Waals surface area contributed by atoms with E-state index in [1.165, 1.54) is 0 Å². The molecule has 0 aromatic rings. The Labute approximate surface area is 96.2 Å². The molecule has 0 radical (unpaired) electrons. The summed E-state index contributed by atoms with van der Waals surface area (Å²) < 4.78 is 0. The fourth-order valence-electron chi connectivity index (χ4n) is 1.48. The maximum atomic E-state index is 6.21. The summed E-state index contributed by atoms with van der Waals surface area (Å²) in [4.78, 5) is 2.42. The minimum atomic E-state index is -0.141. The van der Waals surface area contributed by atoms with Gasteiger partial charge in [-0.25, -0.2) is 0 Å². The van der Waals surface area contributed by atoms with Gasteiger partial charge in [-0.15, -0.1) is 0 Å². The van der Waals surface area contributed by atoms with Gasteiger partial charge in [0, 0.05) is 18.1 Å². The highest BCUT2D eigenvalue weighted by Gasteiger charge is 2.35. The molecule has 2 N–H and O–H groups in total. The van der Waals surface area contributed by atoms with E-state index < -0.39 is 0 Å². The van der Waals surface area contributed by atoms with Gasteiger partial charge in [0.25, 0.3) is 0 Å². The number of nitrogens with two attached hydrogens (primary N) is 1. The van der Waals surface area contributed by atoms with Gasteiger partial charge in [-0.2, -0.15) is 0 Å². The van der Waals surface area contributed by atoms with Crippen LogP contribution in [0.1, 0.15) is 48.5 Å². The first-order valence-electron chi connectivity index (χ1n) is 5.98. The van der Waals surface area contributed by atoms with E-state index in [1.807, 2.05) is 0 Å². The zero-order valence-corrected chi connectivity index (χ0v) is 11.9. The molecule has 2 nitrogen and oxygen atoms in total. The molecular weight excluding hydrogens is 184 g/mol. The third-order valence-corrected chi connectivity index (χ3v) is 4.05. The summed E-state index contributed by atoms with van der Waals surface area (Å²) in [6.45, 7) is 16.6. The minimum absolute atomic E-state index is 0.130. The van der Waals surface area contributed by atoms with Crippen LogP contribution in [-0.4, -0.2) is 30.1 Å². The average Bonchev–Trinajstić information content (AvgIpc) is 1.99. The third kappa shape index (κ3) is 4.12. The summed E-state index contributed by atoms with van der Waals surface area (Å²) in [7, 11) is 2.19. The van der Waals surface area contributed by atoms with Crippen molar-refractivity contribution in [2.45, 2.75) is 60.0 Å². The van der Waals surface area contributed by atoms with Crippen LogP contribution in [0.2, 0.25) is 0 Å². The summed E-state index contributed by atoms with van der Waals surface area (Å²) in [6, 6.07) is 0.603. The molecule has 0 saturated carbocycles. The van der Waals surface area contributed by atoms with Gasteiger partial charge < -0.3 is 10.6 Å². The van der Waals surface area contributed by atoms with E-state index in [4.69, 9.17) is 5.73 Å². The Kier molecular flexibility index (Phi) is 4.81. The van der Waals surface area contributed by atoms with E-state index in [0.717, 1.165) is 6.54 Å². The van der Waals surface area contributed by atoms with Crippen molar-refractivity contribution in [2.75, 3.05) is 13.6 Å². The van der Waals surface area contributed by atoms with Crippen LogP contribution < -0.4 is 5.73 Å². The van der Waals surface area contributed by atoms with Crippen LogP contribution in [0, 0.1) is 11.3 Å². The predicted molar refractivity (Wildman–Crippen MR) is 69.0 cm³/mol. The zero-order valence-electron chi connectivity index (χ0n) is 11.9. The first kappa shape index (κ1) is 14.9. The quantitative estimate of drug-likeness (QED) is 0.762. The monoisotopic (exact) mass is 214 g/mol. The Morgan fingerprint density at radius 1 is 1.07 bits per heavy atom. The lowest BCUT2D eigenvalue weighted by molar-refractivity contribution is 0.0927. The molecule has 0 amide bonds. The normalized spacial score (nSPS) is 16.2. The first-order chi connectivity index (χ1) is 6.49. The zero-order chi connectivity index (χ0) is 12.4. The topological polar surface area (TPSA) is 29.3 Å². The van der Waals surface area contributed by atoms with Gasteiger partial charge in [0.2, 0.25) is 0 Å². The minimum Gasteiger partial charge on any atom is -0.325 e. The second-order valence-electron chi connectivity index (χ2n) is 6.51. The van der Waals surface area contributed by atoms with Gasteiger partial charge in [-0.1, -0.05) is 27.7 Å². The molecule has 0 spiro atoms. The summed E-state index contributed by atoms with van der Waals surface area (Å²) in [5.74, 6) is 0.687. The lowest BCUT2D eigenvalue weighted by Gasteiger charge is -2.43. The van der Waals surface area contributed by atoms with Crippen LogP contribution in [0.5, 0.6) is 0 Å². The van der Waals surface area contributed by atoms with E-state index >= 15 is 0 Å².